The fourth-order valence-corrected chi connectivity index (χ4v) is 0.474. The highest BCUT2D eigenvalue weighted by Crippen LogP contribution is 2.00. The Morgan fingerprint density at radius 3 is 2.75 bits per heavy atom. The van der Waals surface area contributed by atoms with Crippen molar-refractivity contribution in [1.29, 1.82) is 0 Å². The molecule has 0 aromatic carbocycles. The lowest BCUT2D eigenvalue weighted by molar-refractivity contribution is 0.0474. The van der Waals surface area contributed by atoms with E-state index in [2.05, 4.69) is 10.3 Å². The molecule has 1 aliphatic heterocycles. The Kier molecular flexibility index (Phi) is 1.06. The van der Waals surface area contributed by atoms with Crippen molar-refractivity contribution in [2.45, 2.75) is 12.8 Å². The van der Waals surface area contributed by atoms with Gasteiger partial charge in [0, 0.05) is 19.3 Å². The molecule has 3 heteroatoms. The highest BCUT2D eigenvalue weighted by Gasteiger charge is 2.14. The highest BCUT2D eigenvalue weighted by atomic mass is 16.3. The summed E-state index contributed by atoms with van der Waals surface area (Å²) in [5.74, 6) is -1.09. The third-order valence-corrected chi connectivity index (χ3v) is 0.865. The minimum atomic E-state index is -1.09. The smallest absolute Gasteiger partial charge is 0.230 e. The number of aliphatic imine (C=N–C) groups is 1. The van der Waals surface area contributed by atoms with Crippen molar-refractivity contribution in [2.24, 2.45) is 4.99 Å². The van der Waals surface area contributed by atoms with E-state index in [1.807, 2.05) is 0 Å². The fraction of sp³-hybridized carbons (Fsp3) is 0.400. The average molecular weight is 112 g/mol. The lowest BCUT2D eigenvalue weighted by atomic mass is 10.4. The molecule has 0 saturated carbocycles. The van der Waals surface area contributed by atoms with Crippen LogP contribution in [-0.4, -0.2) is 17.2 Å². The molecule has 0 fully saturated rings. The first-order valence-electron chi connectivity index (χ1n) is 2.41. The summed E-state index contributed by atoms with van der Waals surface area (Å²) in [5.41, 5.74) is 0. The first-order chi connectivity index (χ1) is 3.71. The summed E-state index contributed by atoms with van der Waals surface area (Å²) >= 11 is 0. The van der Waals surface area contributed by atoms with Crippen molar-refractivity contribution in [3.05, 3.63) is 12.3 Å². The lowest BCUT2D eigenvalue weighted by Gasteiger charge is -2.19. The largest absolute Gasteiger partial charge is 0.353 e. The van der Waals surface area contributed by atoms with E-state index in [-0.39, 0.29) is 0 Å². The van der Waals surface area contributed by atoms with Crippen LogP contribution >= 0.6 is 0 Å². The summed E-state index contributed by atoms with van der Waals surface area (Å²) in [4.78, 5) is 3.69. The first kappa shape index (κ1) is 5.31. The van der Waals surface area contributed by atoms with Gasteiger partial charge in [0.05, 0.1) is 0 Å². The second-order valence-electron chi connectivity index (χ2n) is 1.80. The van der Waals surface area contributed by atoms with Crippen molar-refractivity contribution in [3.8, 4) is 0 Å². The highest BCUT2D eigenvalue weighted by molar-refractivity contribution is 5.72. The molecule has 0 aromatic rings. The van der Waals surface area contributed by atoms with Crippen LogP contribution in [0.5, 0.6) is 0 Å². The third kappa shape index (κ3) is 1.07. The molecule has 1 aliphatic rings. The first-order valence-corrected chi connectivity index (χ1v) is 2.41. The molecule has 1 heterocycles. The standard InChI is InChI=1S/C5H8N2O/c1-5(8)6-3-2-4-7-5/h2-4,6,8H,1H3. The van der Waals surface area contributed by atoms with Crippen LogP contribution in [0.3, 0.4) is 0 Å². The van der Waals surface area contributed by atoms with Crippen molar-refractivity contribution in [1.82, 2.24) is 5.32 Å². The van der Waals surface area contributed by atoms with E-state index >= 15 is 0 Å². The van der Waals surface area contributed by atoms with E-state index in [1.165, 1.54) is 0 Å². The number of hydrogen-bond donors (Lipinski definition) is 2. The van der Waals surface area contributed by atoms with E-state index < -0.39 is 5.85 Å². The summed E-state index contributed by atoms with van der Waals surface area (Å²) in [6.45, 7) is 1.58. The lowest BCUT2D eigenvalue weighted by Crippen LogP contribution is -2.37. The Labute approximate surface area is 47.7 Å². The van der Waals surface area contributed by atoms with Gasteiger partial charge in [-0.3, -0.25) is 0 Å². The van der Waals surface area contributed by atoms with Crippen molar-refractivity contribution in [3.63, 3.8) is 0 Å². The van der Waals surface area contributed by atoms with Gasteiger partial charge in [-0.25, -0.2) is 4.99 Å². The maximum Gasteiger partial charge on any atom is 0.230 e. The van der Waals surface area contributed by atoms with E-state index in [0.717, 1.165) is 0 Å². The molecule has 0 radical (unpaired) electrons. The minimum Gasteiger partial charge on any atom is -0.353 e. The predicted octanol–water partition coefficient (Wildman–Crippen LogP) is -0.160. The van der Waals surface area contributed by atoms with Gasteiger partial charge in [-0.15, -0.1) is 0 Å². The Hall–Kier alpha value is -0.830. The van der Waals surface area contributed by atoms with Gasteiger partial charge in [-0.2, -0.15) is 0 Å². The van der Waals surface area contributed by atoms with Crippen LogP contribution in [0.1, 0.15) is 6.92 Å². The van der Waals surface area contributed by atoms with Crippen LogP contribution in [0.2, 0.25) is 0 Å². The Balaban J connectivity index is 2.65. The van der Waals surface area contributed by atoms with Gasteiger partial charge in [-0.1, -0.05) is 0 Å². The molecule has 1 atom stereocenters. The zero-order chi connectivity index (χ0) is 6.04. The van der Waals surface area contributed by atoms with Gasteiger partial charge in [0.2, 0.25) is 5.85 Å². The molecule has 8 heavy (non-hydrogen) atoms. The molecule has 1 rings (SSSR count). The number of hydrogen-bond acceptors (Lipinski definition) is 3. The van der Waals surface area contributed by atoms with E-state index in [9.17, 15) is 0 Å². The predicted molar refractivity (Wildman–Crippen MR) is 31.4 cm³/mol. The van der Waals surface area contributed by atoms with Crippen LogP contribution in [0.15, 0.2) is 17.3 Å². The number of aliphatic hydroxyl groups is 1. The summed E-state index contributed by atoms with van der Waals surface area (Å²) in [6.07, 6.45) is 4.92. The van der Waals surface area contributed by atoms with E-state index in [4.69, 9.17) is 5.11 Å². The average Bonchev–Trinajstić information content (AvgIpc) is 1.65. The van der Waals surface area contributed by atoms with Gasteiger partial charge < -0.3 is 10.4 Å². The molecule has 0 saturated heterocycles. The van der Waals surface area contributed by atoms with E-state index in [1.54, 1.807) is 25.4 Å². The van der Waals surface area contributed by atoms with Crippen molar-refractivity contribution < 1.29 is 5.11 Å². The summed E-state index contributed by atoms with van der Waals surface area (Å²) in [6, 6.07) is 0. The van der Waals surface area contributed by atoms with Crippen LogP contribution in [0.4, 0.5) is 0 Å². The minimum absolute atomic E-state index is 1.09. The molecule has 1 unspecified atom stereocenters. The molecule has 0 amide bonds. The molecule has 0 aliphatic carbocycles. The quantitative estimate of drug-likeness (QED) is 0.457. The molecular formula is C5H8N2O. The van der Waals surface area contributed by atoms with Crippen LogP contribution in [0.25, 0.3) is 0 Å². The number of rotatable bonds is 0. The summed E-state index contributed by atoms with van der Waals surface area (Å²) in [5, 5.41) is 11.6. The molecule has 44 valence electrons. The van der Waals surface area contributed by atoms with Crippen LogP contribution in [0, 0.1) is 0 Å². The Morgan fingerprint density at radius 1 is 1.75 bits per heavy atom. The van der Waals surface area contributed by atoms with Crippen molar-refractivity contribution >= 4 is 6.21 Å². The number of nitrogens with zero attached hydrogens (tertiary/aromatic N) is 1. The molecule has 2 N–H and O–H groups in total. The SMILES string of the molecule is CC1(O)N=CC=CN1. The zero-order valence-electron chi connectivity index (χ0n) is 4.63. The molecular weight excluding hydrogens is 104 g/mol. The van der Waals surface area contributed by atoms with Gasteiger partial charge in [0.25, 0.3) is 0 Å². The second kappa shape index (κ2) is 1.59. The van der Waals surface area contributed by atoms with Crippen molar-refractivity contribution in [2.75, 3.05) is 0 Å². The number of allylic oxidation sites excluding steroid dienone is 1. The maximum atomic E-state index is 9.01. The van der Waals surface area contributed by atoms with Gasteiger partial charge in [0.15, 0.2) is 0 Å². The summed E-state index contributed by atoms with van der Waals surface area (Å²) in [7, 11) is 0. The number of nitrogens with one attached hydrogen (secondary N) is 1. The Bertz CT molecular complexity index is 137. The topological polar surface area (TPSA) is 44.6 Å². The molecule has 0 aromatic heterocycles. The van der Waals surface area contributed by atoms with Gasteiger partial charge >= 0.3 is 0 Å². The second-order valence-corrected chi connectivity index (χ2v) is 1.80. The fourth-order valence-electron chi connectivity index (χ4n) is 0.474. The zero-order valence-corrected chi connectivity index (χ0v) is 4.63. The molecule has 0 bridgehead atoms. The Morgan fingerprint density at radius 2 is 2.50 bits per heavy atom. The van der Waals surface area contributed by atoms with E-state index in [0.29, 0.717) is 0 Å². The van der Waals surface area contributed by atoms with Crippen LogP contribution in [-0.2, 0) is 0 Å². The maximum absolute atomic E-state index is 9.01. The monoisotopic (exact) mass is 112 g/mol. The third-order valence-electron chi connectivity index (χ3n) is 0.865. The molecule has 0 spiro atoms. The van der Waals surface area contributed by atoms with Crippen LogP contribution < -0.4 is 5.32 Å². The molecule has 3 nitrogen and oxygen atoms in total. The summed E-state index contributed by atoms with van der Waals surface area (Å²) < 4.78 is 0. The normalized spacial score (nSPS) is 34.8. The van der Waals surface area contributed by atoms with Gasteiger partial charge in [0.1, 0.15) is 0 Å². The van der Waals surface area contributed by atoms with Gasteiger partial charge in [-0.05, 0) is 6.08 Å².